The average Bonchev–Trinajstić information content (AvgIpc) is 3.45. The molecule has 10 atom stereocenters. The first-order chi connectivity index (χ1) is 12.7. The summed E-state index contributed by atoms with van der Waals surface area (Å²) in [5, 5.41) is 0. The number of hydrogen-bond acceptors (Lipinski definition) is 3. The second-order valence-electron chi connectivity index (χ2n) is 11.6. The van der Waals surface area contributed by atoms with Crippen LogP contribution < -0.4 is 0 Å². The molecule has 4 nitrogen and oxygen atoms in total. The highest BCUT2D eigenvalue weighted by Crippen LogP contribution is 2.54. The summed E-state index contributed by atoms with van der Waals surface area (Å²) in [4.78, 5) is 2.57. The van der Waals surface area contributed by atoms with Gasteiger partial charge in [0.05, 0.1) is 14.1 Å². The van der Waals surface area contributed by atoms with Crippen LogP contribution in [0.5, 0.6) is 0 Å². The van der Waals surface area contributed by atoms with E-state index in [1.54, 1.807) is 0 Å². The molecule has 0 radical (unpaired) electrons. The molecule has 0 spiro atoms. The van der Waals surface area contributed by atoms with Gasteiger partial charge in [0.2, 0.25) is 0 Å². The molecule has 0 aromatic rings. The lowest BCUT2D eigenvalue weighted by molar-refractivity contribution is -0.938. The number of ether oxygens (including phenoxy) is 2. The molecule has 3 unspecified atom stereocenters. The Hall–Kier alpha value is -0.160. The predicted molar refractivity (Wildman–Crippen MR) is 107 cm³/mol. The molecule has 4 bridgehead atoms. The Morgan fingerprint density at radius 2 is 1.11 bits per heavy atom. The lowest BCUT2D eigenvalue weighted by atomic mass is 9.81. The molecule has 6 fully saturated rings. The van der Waals surface area contributed by atoms with E-state index < -0.39 is 0 Å². The average molecular weight is 378 g/mol. The Balaban J connectivity index is 0.000000119. The lowest BCUT2D eigenvalue weighted by Crippen LogP contribution is -2.58. The number of hydrogen-bond donors (Lipinski definition) is 0. The Morgan fingerprint density at radius 1 is 0.704 bits per heavy atom. The van der Waals surface area contributed by atoms with Crippen LogP contribution in [-0.4, -0.2) is 79.1 Å². The van der Waals surface area contributed by atoms with Gasteiger partial charge in [-0.15, -0.1) is 0 Å². The fourth-order valence-corrected chi connectivity index (χ4v) is 7.16. The summed E-state index contributed by atoms with van der Waals surface area (Å²) in [5.41, 5.74) is 0. The molecule has 6 heterocycles. The highest BCUT2D eigenvalue weighted by molar-refractivity contribution is 5.13. The monoisotopic (exact) mass is 377 g/mol. The second kappa shape index (κ2) is 6.17. The van der Waals surface area contributed by atoms with E-state index in [4.69, 9.17) is 9.47 Å². The highest BCUT2D eigenvalue weighted by atomic mass is 16.6. The van der Waals surface area contributed by atoms with Gasteiger partial charge in [-0.3, -0.25) is 4.90 Å². The third-order valence-electron chi connectivity index (χ3n) is 9.46. The van der Waals surface area contributed by atoms with E-state index in [2.05, 4.69) is 53.7 Å². The first-order valence-corrected chi connectivity index (χ1v) is 11.6. The van der Waals surface area contributed by atoms with E-state index in [1.165, 1.54) is 30.2 Å². The van der Waals surface area contributed by atoms with Gasteiger partial charge >= 0.3 is 0 Å². The van der Waals surface area contributed by atoms with Crippen molar-refractivity contribution in [3.8, 4) is 0 Å². The van der Waals surface area contributed by atoms with E-state index in [0.29, 0.717) is 24.4 Å². The minimum absolute atomic E-state index is 0.610. The Bertz CT molecular complexity index is 553. The SMILES string of the molecule is CC(C)C1CC2[C@@H]3O[C@@H]3[C@@H](C1)N2C.CC(C)C1C[C@@H]2[C@H]3O[C@H]3[C@H](C1)[N+]2(C)C. The number of epoxide rings is 2. The van der Waals surface area contributed by atoms with Crippen molar-refractivity contribution in [3.63, 3.8) is 0 Å². The number of morpholine rings is 2. The van der Waals surface area contributed by atoms with E-state index in [-0.39, 0.29) is 0 Å². The van der Waals surface area contributed by atoms with Crippen LogP contribution in [0.4, 0.5) is 0 Å². The number of fused-ring (bicyclic) bond motifs is 10. The van der Waals surface area contributed by atoms with Crippen molar-refractivity contribution in [3.05, 3.63) is 0 Å². The summed E-state index contributed by atoms with van der Waals surface area (Å²) < 4.78 is 12.7. The molecular weight excluding hydrogens is 336 g/mol. The molecule has 27 heavy (non-hydrogen) atoms. The number of quaternary nitrogens is 1. The quantitative estimate of drug-likeness (QED) is 0.547. The first-order valence-electron chi connectivity index (χ1n) is 11.6. The van der Waals surface area contributed by atoms with Crippen molar-refractivity contribution in [2.24, 2.45) is 23.7 Å². The maximum Gasteiger partial charge on any atom is 0.142 e. The molecule has 0 aliphatic carbocycles. The Morgan fingerprint density at radius 3 is 1.56 bits per heavy atom. The van der Waals surface area contributed by atoms with Crippen molar-refractivity contribution in [2.75, 3.05) is 21.1 Å². The zero-order chi connectivity index (χ0) is 19.2. The van der Waals surface area contributed by atoms with Gasteiger partial charge in [-0.05, 0) is 43.6 Å². The van der Waals surface area contributed by atoms with Crippen molar-refractivity contribution < 1.29 is 14.0 Å². The largest absolute Gasteiger partial charge is 0.366 e. The van der Waals surface area contributed by atoms with Gasteiger partial charge in [0, 0.05) is 24.9 Å². The van der Waals surface area contributed by atoms with Gasteiger partial charge < -0.3 is 14.0 Å². The summed E-state index contributed by atoms with van der Waals surface area (Å²) in [7, 11) is 7.09. The van der Waals surface area contributed by atoms with Crippen LogP contribution >= 0.6 is 0 Å². The predicted octanol–water partition coefficient (Wildman–Crippen LogP) is 3.15. The summed E-state index contributed by atoms with van der Waals surface area (Å²) in [6.07, 6.45) is 7.98. The van der Waals surface area contributed by atoms with E-state index in [9.17, 15) is 0 Å². The highest BCUT2D eigenvalue weighted by Gasteiger charge is 2.70. The molecule has 4 heteroatoms. The molecule has 0 saturated carbocycles. The number of nitrogens with zero attached hydrogens (tertiary/aromatic N) is 2. The molecule has 6 aliphatic rings. The third kappa shape index (κ3) is 2.85. The Labute approximate surface area is 166 Å². The van der Waals surface area contributed by atoms with Crippen molar-refractivity contribution in [1.29, 1.82) is 0 Å². The van der Waals surface area contributed by atoms with Crippen LogP contribution in [0.25, 0.3) is 0 Å². The summed E-state index contributed by atoms with van der Waals surface area (Å²) in [6, 6.07) is 3.09. The van der Waals surface area contributed by atoms with E-state index in [1.807, 2.05) is 0 Å². The van der Waals surface area contributed by atoms with Gasteiger partial charge in [0.1, 0.15) is 36.5 Å². The lowest BCUT2D eigenvalue weighted by Gasteiger charge is -2.46. The molecule has 0 aromatic heterocycles. The third-order valence-corrected chi connectivity index (χ3v) is 9.46. The van der Waals surface area contributed by atoms with Crippen LogP contribution in [0.2, 0.25) is 0 Å². The van der Waals surface area contributed by atoms with E-state index in [0.717, 1.165) is 47.8 Å². The van der Waals surface area contributed by atoms with Crippen molar-refractivity contribution in [2.45, 2.75) is 102 Å². The van der Waals surface area contributed by atoms with Gasteiger partial charge in [0.25, 0.3) is 0 Å². The molecule has 0 aromatic carbocycles. The maximum absolute atomic E-state index is 5.77. The van der Waals surface area contributed by atoms with E-state index >= 15 is 0 Å². The summed E-state index contributed by atoms with van der Waals surface area (Å²) in [5.74, 6) is 3.61. The smallest absolute Gasteiger partial charge is 0.142 e. The molecule has 6 rings (SSSR count). The molecule has 6 aliphatic heterocycles. The van der Waals surface area contributed by atoms with Crippen LogP contribution in [-0.2, 0) is 9.47 Å². The zero-order valence-corrected chi connectivity index (χ0v) is 18.5. The molecule has 154 valence electrons. The van der Waals surface area contributed by atoms with Crippen LogP contribution in [0.3, 0.4) is 0 Å². The topological polar surface area (TPSA) is 28.3 Å². The maximum atomic E-state index is 5.77. The van der Waals surface area contributed by atoms with Crippen molar-refractivity contribution >= 4 is 0 Å². The summed E-state index contributed by atoms with van der Waals surface area (Å²) in [6.45, 7) is 9.48. The number of likely N-dealkylation sites (N-methyl/N-ethyl adjacent to an activating group) is 2. The zero-order valence-electron chi connectivity index (χ0n) is 18.5. The number of rotatable bonds is 2. The normalized spacial score (nSPS) is 53.7. The van der Waals surface area contributed by atoms with Crippen LogP contribution in [0, 0.1) is 23.7 Å². The molecule has 0 N–H and O–H groups in total. The van der Waals surface area contributed by atoms with Gasteiger partial charge in [-0.1, -0.05) is 27.7 Å². The summed E-state index contributed by atoms with van der Waals surface area (Å²) >= 11 is 0. The minimum atomic E-state index is 0.610. The molecule has 6 saturated heterocycles. The van der Waals surface area contributed by atoms with Gasteiger partial charge in [-0.2, -0.15) is 0 Å². The van der Waals surface area contributed by atoms with Crippen LogP contribution in [0.1, 0.15) is 53.4 Å². The first kappa shape index (κ1) is 18.8. The fourth-order valence-electron chi connectivity index (χ4n) is 7.16. The standard InChI is InChI=1S/C12H22NO.C11H19NO/c1-7(2)8-5-9-11-12(14-11)10(6-8)13(9,3)4;1-6(2)7-4-8-10-11(13-10)9(5-7)12(8)3/h7-12H,5-6H2,1-4H3;6-11H,4-5H2,1-3H3/q+1;/t8?,9-,10+,11-,12+;7?,8-,9?,10-,11+/m.1/s1. The van der Waals surface area contributed by atoms with Crippen LogP contribution in [0.15, 0.2) is 0 Å². The minimum Gasteiger partial charge on any atom is -0.366 e. The molecular formula is C23H41N2O2+. The van der Waals surface area contributed by atoms with Crippen molar-refractivity contribution in [1.82, 2.24) is 4.90 Å². The number of piperidine rings is 2. The molecule has 0 amide bonds. The fraction of sp³-hybridized carbons (Fsp3) is 1.00. The van der Waals surface area contributed by atoms with Gasteiger partial charge in [0.15, 0.2) is 0 Å². The Kier molecular flexibility index (Phi) is 4.30. The van der Waals surface area contributed by atoms with Gasteiger partial charge in [-0.25, -0.2) is 0 Å². The second-order valence-corrected chi connectivity index (χ2v) is 11.6.